The Hall–Kier alpha value is -1.46. The van der Waals surface area contributed by atoms with Gasteiger partial charge in [-0.1, -0.05) is 0 Å². The Bertz CT molecular complexity index is 506. The van der Waals surface area contributed by atoms with Gasteiger partial charge in [0.05, 0.1) is 24.7 Å². The molecule has 2 aromatic heterocycles. The molecule has 1 saturated carbocycles. The monoisotopic (exact) mass is 232 g/mol. The summed E-state index contributed by atoms with van der Waals surface area (Å²) in [5.74, 6) is 0. The van der Waals surface area contributed by atoms with Crippen molar-refractivity contribution < 1.29 is 5.11 Å². The molecule has 5 nitrogen and oxygen atoms in total. The minimum absolute atomic E-state index is 0.217. The van der Waals surface area contributed by atoms with Crippen LogP contribution < -0.4 is 0 Å². The molecule has 1 fully saturated rings. The first-order valence-electron chi connectivity index (χ1n) is 5.99. The van der Waals surface area contributed by atoms with Gasteiger partial charge in [0.2, 0.25) is 0 Å². The Morgan fingerprint density at radius 2 is 2.29 bits per heavy atom. The topological polar surface area (TPSA) is 53.7 Å². The highest BCUT2D eigenvalue weighted by molar-refractivity contribution is 5.36. The molecule has 0 amide bonds. The average Bonchev–Trinajstić information content (AvgIpc) is 3.12. The Morgan fingerprint density at radius 3 is 3.06 bits per heavy atom. The lowest BCUT2D eigenvalue weighted by atomic mass is 10.3. The van der Waals surface area contributed by atoms with E-state index >= 15 is 0 Å². The molecule has 17 heavy (non-hydrogen) atoms. The normalized spacial score (nSPS) is 15.9. The van der Waals surface area contributed by atoms with Crippen LogP contribution in [0.3, 0.4) is 0 Å². The number of nitrogens with zero attached hydrogens (tertiary/aromatic N) is 4. The molecular weight excluding hydrogens is 216 g/mol. The fourth-order valence-corrected chi connectivity index (χ4v) is 2.18. The van der Waals surface area contributed by atoms with Crippen LogP contribution in [0.2, 0.25) is 0 Å². The maximum absolute atomic E-state index is 9.08. The molecule has 0 bridgehead atoms. The van der Waals surface area contributed by atoms with Crippen LogP contribution in [0.15, 0.2) is 24.8 Å². The van der Waals surface area contributed by atoms with Crippen LogP contribution in [-0.4, -0.2) is 43.6 Å². The largest absolute Gasteiger partial charge is 0.395 e. The standard InChI is InChI=1S/C12H16N4O/c17-6-5-15(10-1-2-10)9-11-7-14-12-8-13-3-4-16(11)12/h3-4,7-8,10,17H,1-2,5-6,9H2. The van der Waals surface area contributed by atoms with Crippen LogP contribution in [0.25, 0.3) is 5.65 Å². The molecule has 0 spiro atoms. The predicted molar refractivity (Wildman–Crippen MR) is 63.5 cm³/mol. The molecule has 2 heterocycles. The third-order valence-electron chi connectivity index (χ3n) is 3.21. The third-order valence-corrected chi connectivity index (χ3v) is 3.21. The molecule has 0 radical (unpaired) electrons. The highest BCUT2D eigenvalue weighted by Crippen LogP contribution is 2.27. The van der Waals surface area contributed by atoms with Crippen molar-refractivity contribution in [3.8, 4) is 0 Å². The number of hydrogen-bond acceptors (Lipinski definition) is 4. The summed E-state index contributed by atoms with van der Waals surface area (Å²) >= 11 is 0. The Morgan fingerprint density at radius 1 is 1.41 bits per heavy atom. The van der Waals surface area contributed by atoms with Gasteiger partial charge in [0.25, 0.3) is 0 Å². The first-order valence-corrected chi connectivity index (χ1v) is 5.99. The van der Waals surface area contributed by atoms with E-state index in [9.17, 15) is 0 Å². The van der Waals surface area contributed by atoms with E-state index in [1.807, 2.05) is 12.4 Å². The zero-order chi connectivity index (χ0) is 11.7. The van der Waals surface area contributed by atoms with Crippen LogP contribution in [0.5, 0.6) is 0 Å². The van der Waals surface area contributed by atoms with E-state index in [0.29, 0.717) is 6.04 Å². The van der Waals surface area contributed by atoms with Gasteiger partial charge in [-0.3, -0.25) is 14.3 Å². The van der Waals surface area contributed by atoms with E-state index in [-0.39, 0.29) is 6.61 Å². The van der Waals surface area contributed by atoms with Crippen LogP contribution in [0.4, 0.5) is 0 Å². The Labute approximate surface area is 99.7 Å². The van der Waals surface area contributed by atoms with E-state index in [1.54, 1.807) is 12.4 Å². The third kappa shape index (κ3) is 2.16. The minimum Gasteiger partial charge on any atom is -0.395 e. The van der Waals surface area contributed by atoms with Crippen LogP contribution in [-0.2, 0) is 6.54 Å². The van der Waals surface area contributed by atoms with Gasteiger partial charge in [0.1, 0.15) is 0 Å². The maximum Gasteiger partial charge on any atom is 0.155 e. The number of rotatable bonds is 5. The van der Waals surface area contributed by atoms with Crippen molar-refractivity contribution >= 4 is 5.65 Å². The maximum atomic E-state index is 9.08. The summed E-state index contributed by atoms with van der Waals surface area (Å²) in [6.07, 6.45) is 9.85. The second kappa shape index (κ2) is 4.43. The van der Waals surface area contributed by atoms with Crippen LogP contribution >= 0.6 is 0 Å². The molecule has 90 valence electrons. The van der Waals surface area contributed by atoms with Gasteiger partial charge in [-0.15, -0.1) is 0 Å². The number of aromatic nitrogens is 3. The molecule has 2 aromatic rings. The van der Waals surface area contributed by atoms with E-state index in [1.165, 1.54) is 12.8 Å². The van der Waals surface area contributed by atoms with Gasteiger partial charge in [0.15, 0.2) is 5.65 Å². The van der Waals surface area contributed by atoms with Gasteiger partial charge in [-0.2, -0.15) is 0 Å². The lowest BCUT2D eigenvalue weighted by Gasteiger charge is -2.20. The average molecular weight is 232 g/mol. The summed E-state index contributed by atoms with van der Waals surface area (Å²) in [5, 5.41) is 9.08. The second-order valence-corrected chi connectivity index (χ2v) is 4.48. The molecule has 1 aliphatic carbocycles. The van der Waals surface area contributed by atoms with Crippen molar-refractivity contribution in [2.24, 2.45) is 0 Å². The number of fused-ring (bicyclic) bond motifs is 1. The van der Waals surface area contributed by atoms with Crippen LogP contribution in [0.1, 0.15) is 18.5 Å². The zero-order valence-corrected chi connectivity index (χ0v) is 9.66. The van der Waals surface area contributed by atoms with Crippen molar-refractivity contribution in [2.75, 3.05) is 13.2 Å². The number of imidazole rings is 1. The van der Waals surface area contributed by atoms with Crippen molar-refractivity contribution in [2.45, 2.75) is 25.4 Å². The number of aliphatic hydroxyl groups excluding tert-OH is 1. The van der Waals surface area contributed by atoms with Crippen molar-refractivity contribution in [3.63, 3.8) is 0 Å². The Kier molecular flexibility index (Phi) is 2.78. The predicted octanol–water partition coefficient (Wildman–Crippen LogP) is 0.686. The molecule has 5 heteroatoms. The SMILES string of the molecule is OCCN(Cc1cnc2cnccn12)C1CC1. The molecule has 1 aliphatic rings. The molecule has 0 aliphatic heterocycles. The molecule has 0 atom stereocenters. The van der Waals surface area contributed by atoms with Gasteiger partial charge < -0.3 is 5.11 Å². The summed E-state index contributed by atoms with van der Waals surface area (Å²) in [7, 11) is 0. The van der Waals surface area contributed by atoms with Gasteiger partial charge in [0, 0.05) is 31.5 Å². The van der Waals surface area contributed by atoms with Crippen molar-refractivity contribution in [1.29, 1.82) is 0 Å². The second-order valence-electron chi connectivity index (χ2n) is 4.48. The molecular formula is C12H16N4O. The van der Waals surface area contributed by atoms with Gasteiger partial charge in [-0.25, -0.2) is 4.98 Å². The summed E-state index contributed by atoms with van der Waals surface area (Å²) < 4.78 is 2.06. The summed E-state index contributed by atoms with van der Waals surface area (Å²) in [4.78, 5) is 10.7. The van der Waals surface area contributed by atoms with Crippen molar-refractivity contribution in [1.82, 2.24) is 19.3 Å². The van der Waals surface area contributed by atoms with E-state index < -0.39 is 0 Å². The van der Waals surface area contributed by atoms with Gasteiger partial charge >= 0.3 is 0 Å². The van der Waals surface area contributed by atoms with E-state index in [4.69, 9.17) is 5.11 Å². The summed E-state index contributed by atoms with van der Waals surface area (Å²) in [6, 6.07) is 0.648. The van der Waals surface area contributed by atoms with E-state index in [0.717, 1.165) is 24.4 Å². The molecule has 0 saturated heterocycles. The highest BCUT2D eigenvalue weighted by Gasteiger charge is 2.28. The fraction of sp³-hybridized carbons (Fsp3) is 0.500. The lowest BCUT2D eigenvalue weighted by molar-refractivity contribution is 0.181. The lowest BCUT2D eigenvalue weighted by Crippen LogP contribution is -2.29. The molecule has 3 rings (SSSR count). The molecule has 0 aromatic carbocycles. The highest BCUT2D eigenvalue weighted by atomic mass is 16.3. The first kappa shape index (κ1) is 10.7. The van der Waals surface area contributed by atoms with Crippen LogP contribution in [0, 0.1) is 0 Å². The zero-order valence-electron chi connectivity index (χ0n) is 9.66. The fourth-order valence-electron chi connectivity index (χ4n) is 2.18. The number of hydrogen-bond donors (Lipinski definition) is 1. The summed E-state index contributed by atoms with van der Waals surface area (Å²) in [6.45, 7) is 1.80. The van der Waals surface area contributed by atoms with Gasteiger partial charge in [-0.05, 0) is 12.8 Å². The van der Waals surface area contributed by atoms with Crippen molar-refractivity contribution in [3.05, 3.63) is 30.5 Å². The molecule has 0 unspecified atom stereocenters. The summed E-state index contributed by atoms with van der Waals surface area (Å²) in [5.41, 5.74) is 2.03. The quantitative estimate of drug-likeness (QED) is 0.824. The molecule has 1 N–H and O–H groups in total. The minimum atomic E-state index is 0.217. The van der Waals surface area contributed by atoms with E-state index in [2.05, 4.69) is 19.3 Å². The Balaban J connectivity index is 1.83. The first-order chi connectivity index (χ1) is 8.38. The number of aliphatic hydroxyl groups is 1. The smallest absolute Gasteiger partial charge is 0.155 e.